The summed E-state index contributed by atoms with van der Waals surface area (Å²) in [5.41, 5.74) is 5.78. The van der Waals surface area contributed by atoms with Crippen LogP contribution in [0.5, 0.6) is 0 Å². The minimum atomic E-state index is -4.59. The Morgan fingerprint density at radius 2 is 1.79 bits per heavy atom. The molecule has 0 saturated carbocycles. The molecule has 1 rings (SSSR count). The lowest BCUT2D eigenvalue weighted by atomic mass is 10.1. The largest absolute Gasteiger partial charge is 0.395 e. The number of hydrogen-bond donors (Lipinski definition) is 1. The molecule has 19 heavy (non-hydrogen) atoms. The van der Waals surface area contributed by atoms with Gasteiger partial charge in [-0.2, -0.15) is 21.6 Å². The molecule has 4 nitrogen and oxygen atoms in total. The van der Waals surface area contributed by atoms with Gasteiger partial charge < -0.3 is 5.73 Å². The third kappa shape index (κ3) is 4.48. The van der Waals surface area contributed by atoms with Crippen molar-refractivity contribution in [3.63, 3.8) is 0 Å². The molecule has 0 heterocycles. The van der Waals surface area contributed by atoms with Crippen LogP contribution in [0.15, 0.2) is 29.2 Å². The van der Waals surface area contributed by atoms with Crippen LogP contribution in [0.3, 0.4) is 0 Å². The second kappa shape index (κ2) is 5.89. The number of nitrogens with two attached hydrogens (primary N) is 1. The van der Waals surface area contributed by atoms with Crippen molar-refractivity contribution in [1.82, 2.24) is 0 Å². The molecule has 2 N–H and O–H groups in total. The maximum absolute atomic E-state index is 12.4. The van der Waals surface area contributed by atoms with Gasteiger partial charge in [-0.25, -0.2) is 0 Å². The predicted molar refractivity (Wildman–Crippen MR) is 62.9 cm³/mol. The zero-order valence-corrected chi connectivity index (χ0v) is 11.0. The number of hydrogen-bond acceptors (Lipinski definition) is 4. The van der Waals surface area contributed by atoms with E-state index in [4.69, 9.17) is 5.73 Å². The van der Waals surface area contributed by atoms with Crippen LogP contribution in [0, 0.1) is 12.8 Å². The van der Waals surface area contributed by atoms with Gasteiger partial charge in [-0.1, -0.05) is 17.7 Å². The van der Waals surface area contributed by atoms with Crippen LogP contribution in [0.1, 0.15) is 5.56 Å². The molecule has 0 radical (unpaired) electrons. The zero-order chi connectivity index (χ0) is 14.7. The summed E-state index contributed by atoms with van der Waals surface area (Å²) in [5.74, 6) is -2.01. The minimum Gasteiger partial charge on any atom is -0.330 e. The molecule has 0 aliphatic rings. The summed E-state index contributed by atoms with van der Waals surface area (Å²) < 4.78 is 64.9. The number of alkyl halides is 3. The lowest BCUT2D eigenvalue weighted by Crippen LogP contribution is -2.34. The molecule has 0 aliphatic carbocycles. The maximum Gasteiger partial charge on any atom is 0.395 e. The Balaban J connectivity index is 2.78. The molecule has 108 valence electrons. The first-order valence-electron chi connectivity index (χ1n) is 5.39. The Labute approximate surface area is 109 Å². The highest BCUT2D eigenvalue weighted by Gasteiger charge is 2.39. The monoisotopic (exact) mass is 297 g/mol. The van der Waals surface area contributed by atoms with E-state index in [1.54, 1.807) is 6.92 Å². The van der Waals surface area contributed by atoms with E-state index in [1.807, 2.05) is 0 Å². The van der Waals surface area contributed by atoms with Gasteiger partial charge in [0.25, 0.3) is 10.1 Å². The Kier molecular flexibility index (Phi) is 4.94. The molecular weight excluding hydrogens is 283 g/mol. The van der Waals surface area contributed by atoms with E-state index in [-0.39, 0.29) is 4.90 Å². The topological polar surface area (TPSA) is 69.4 Å². The van der Waals surface area contributed by atoms with Crippen molar-refractivity contribution >= 4 is 10.1 Å². The Morgan fingerprint density at radius 3 is 2.21 bits per heavy atom. The highest BCUT2D eigenvalue weighted by atomic mass is 32.2. The second-order valence-corrected chi connectivity index (χ2v) is 5.64. The van der Waals surface area contributed by atoms with Crippen LogP contribution in [-0.2, 0) is 14.3 Å². The summed E-state index contributed by atoms with van der Waals surface area (Å²) in [4.78, 5) is -0.184. The summed E-state index contributed by atoms with van der Waals surface area (Å²) in [7, 11) is -4.20. The molecular formula is C11H14F3NO3S. The van der Waals surface area contributed by atoms with Crippen molar-refractivity contribution in [3.8, 4) is 0 Å². The van der Waals surface area contributed by atoms with Crippen LogP contribution in [-0.4, -0.2) is 27.7 Å². The maximum atomic E-state index is 12.4. The lowest BCUT2D eigenvalue weighted by Gasteiger charge is -2.18. The van der Waals surface area contributed by atoms with E-state index < -0.39 is 35.4 Å². The minimum absolute atomic E-state index is 0.184. The highest BCUT2D eigenvalue weighted by Crippen LogP contribution is 2.26. The van der Waals surface area contributed by atoms with Crippen molar-refractivity contribution in [2.45, 2.75) is 18.0 Å². The van der Waals surface area contributed by atoms with Gasteiger partial charge in [0.1, 0.15) is 0 Å². The molecule has 0 aromatic heterocycles. The van der Waals surface area contributed by atoms with Gasteiger partial charge in [0.2, 0.25) is 0 Å². The third-order valence-electron chi connectivity index (χ3n) is 2.48. The van der Waals surface area contributed by atoms with E-state index in [2.05, 4.69) is 4.18 Å². The normalized spacial score (nSPS) is 14.4. The number of benzene rings is 1. The van der Waals surface area contributed by atoms with E-state index in [0.717, 1.165) is 5.56 Å². The molecule has 1 atom stereocenters. The van der Waals surface area contributed by atoms with Gasteiger partial charge in [0, 0.05) is 6.54 Å². The van der Waals surface area contributed by atoms with Gasteiger partial charge in [0.15, 0.2) is 0 Å². The molecule has 0 spiro atoms. The first kappa shape index (κ1) is 15.9. The predicted octanol–water partition coefficient (Wildman–Crippen LogP) is 1.84. The van der Waals surface area contributed by atoms with Gasteiger partial charge in [-0.15, -0.1) is 0 Å². The van der Waals surface area contributed by atoms with Crippen molar-refractivity contribution in [1.29, 1.82) is 0 Å². The van der Waals surface area contributed by atoms with Crippen LogP contribution in [0.25, 0.3) is 0 Å². The average Bonchev–Trinajstić information content (AvgIpc) is 2.28. The van der Waals surface area contributed by atoms with E-state index in [1.165, 1.54) is 24.3 Å². The lowest BCUT2D eigenvalue weighted by molar-refractivity contribution is -0.178. The summed E-state index contributed by atoms with van der Waals surface area (Å²) in [5, 5.41) is 0. The van der Waals surface area contributed by atoms with Crippen LogP contribution in [0.2, 0.25) is 0 Å². The summed E-state index contributed by atoms with van der Waals surface area (Å²) >= 11 is 0. The van der Waals surface area contributed by atoms with Crippen molar-refractivity contribution < 1.29 is 25.8 Å². The van der Waals surface area contributed by atoms with Gasteiger partial charge >= 0.3 is 6.18 Å². The molecule has 0 amide bonds. The molecule has 0 aliphatic heterocycles. The molecule has 0 bridgehead atoms. The Bertz CT molecular complexity index is 511. The first-order chi connectivity index (χ1) is 8.66. The number of rotatable bonds is 5. The number of aryl methyl sites for hydroxylation is 1. The standard InChI is InChI=1S/C11H14F3NO3S/c1-8-2-4-10(5-3-8)19(16,17)18-7-9(6-15)11(12,13)14/h2-5,9H,6-7,15H2,1H3. The fraction of sp³-hybridized carbons (Fsp3) is 0.455. The van der Waals surface area contributed by atoms with Gasteiger partial charge in [-0.3, -0.25) is 4.18 Å². The molecule has 8 heteroatoms. The summed E-state index contributed by atoms with van der Waals surface area (Å²) in [6.45, 7) is 0.00842. The van der Waals surface area contributed by atoms with Gasteiger partial charge in [0.05, 0.1) is 17.4 Å². The molecule has 1 unspecified atom stereocenters. The van der Waals surface area contributed by atoms with E-state index in [0.29, 0.717) is 0 Å². The van der Waals surface area contributed by atoms with Crippen molar-refractivity contribution in [2.24, 2.45) is 11.7 Å². The molecule has 1 aromatic carbocycles. The molecule has 0 fully saturated rings. The van der Waals surface area contributed by atoms with E-state index in [9.17, 15) is 21.6 Å². The van der Waals surface area contributed by atoms with Gasteiger partial charge in [-0.05, 0) is 19.1 Å². The van der Waals surface area contributed by atoms with Crippen molar-refractivity contribution in [3.05, 3.63) is 29.8 Å². The first-order valence-corrected chi connectivity index (χ1v) is 6.80. The smallest absolute Gasteiger partial charge is 0.330 e. The molecule has 1 aromatic rings. The fourth-order valence-corrected chi connectivity index (χ4v) is 2.19. The average molecular weight is 297 g/mol. The summed E-state index contributed by atoms with van der Waals surface area (Å²) in [6, 6.07) is 5.60. The van der Waals surface area contributed by atoms with E-state index >= 15 is 0 Å². The Morgan fingerprint density at radius 1 is 1.26 bits per heavy atom. The van der Waals surface area contributed by atoms with Crippen LogP contribution >= 0.6 is 0 Å². The quantitative estimate of drug-likeness (QED) is 0.842. The zero-order valence-electron chi connectivity index (χ0n) is 10.1. The van der Waals surface area contributed by atoms with Crippen LogP contribution in [0.4, 0.5) is 13.2 Å². The Hall–Kier alpha value is -1.12. The number of halogens is 3. The summed E-state index contributed by atoms with van der Waals surface area (Å²) in [6.07, 6.45) is -4.59. The second-order valence-electron chi connectivity index (χ2n) is 4.03. The van der Waals surface area contributed by atoms with Crippen LogP contribution < -0.4 is 5.73 Å². The molecule has 0 saturated heterocycles. The fourth-order valence-electron chi connectivity index (χ4n) is 1.24. The van der Waals surface area contributed by atoms with Crippen molar-refractivity contribution in [2.75, 3.05) is 13.2 Å². The SMILES string of the molecule is Cc1ccc(S(=O)(=O)OCC(CN)C(F)(F)F)cc1. The highest BCUT2D eigenvalue weighted by molar-refractivity contribution is 7.86. The third-order valence-corrected chi connectivity index (χ3v) is 3.78.